The summed E-state index contributed by atoms with van der Waals surface area (Å²) in [4.78, 5) is 10.6. The van der Waals surface area contributed by atoms with E-state index in [1.807, 2.05) is 0 Å². The summed E-state index contributed by atoms with van der Waals surface area (Å²) in [6.45, 7) is 0. The lowest BCUT2D eigenvalue weighted by molar-refractivity contribution is -0.119. The molecule has 2 aliphatic rings. The van der Waals surface area contributed by atoms with Gasteiger partial charge in [0.25, 0.3) is 0 Å². The fraction of sp³-hybridized carbons (Fsp3) is 0.857. The molecule has 50 valence electrons. The summed E-state index contributed by atoms with van der Waals surface area (Å²) in [5.74, 6) is 1.61. The van der Waals surface area contributed by atoms with E-state index in [2.05, 4.69) is 0 Å². The number of carbonyl (C=O) groups is 1. The molecule has 0 aromatic carbocycles. The molecule has 2 N–H and O–H groups in total. The second kappa shape index (κ2) is 1.49. The largest absolute Gasteiger partial charge is 0.369 e. The molecule has 0 aromatic heterocycles. The van der Waals surface area contributed by atoms with Crippen LogP contribution in [0.2, 0.25) is 0 Å². The van der Waals surface area contributed by atoms with Gasteiger partial charge in [-0.1, -0.05) is 6.42 Å². The normalized spacial score (nSPS) is 46.4. The highest BCUT2D eigenvalue weighted by Gasteiger charge is 2.55. The van der Waals surface area contributed by atoms with Gasteiger partial charge in [0, 0.05) is 5.92 Å². The Morgan fingerprint density at radius 3 is 2.22 bits per heavy atom. The maximum absolute atomic E-state index is 10.6. The molecule has 0 spiro atoms. The van der Waals surface area contributed by atoms with E-state index in [0.29, 0.717) is 11.8 Å². The summed E-state index contributed by atoms with van der Waals surface area (Å²) >= 11 is 0. The van der Waals surface area contributed by atoms with Gasteiger partial charge in [0.1, 0.15) is 0 Å². The number of hydrogen-bond acceptors (Lipinski definition) is 1. The monoisotopic (exact) mass is 125 g/mol. The molecule has 2 rings (SSSR count). The zero-order chi connectivity index (χ0) is 6.43. The first-order valence-corrected chi connectivity index (χ1v) is 3.60. The Morgan fingerprint density at radius 1 is 1.33 bits per heavy atom. The number of amides is 1. The molecular weight excluding hydrogens is 114 g/mol. The third-order valence-electron chi connectivity index (χ3n) is 2.74. The minimum absolute atomic E-state index is 0.0651. The molecule has 1 amide bonds. The van der Waals surface area contributed by atoms with Gasteiger partial charge in [-0.05, 0) is 24.7 Å². The minimum Gasteiger partial charge on any atom is -0.369 e. The number of primary amides is 1. The first kappa shape index (κ1) is 5.27. The van der Waals surface area contributed by atoms with Crippen LogP contribution in [-0.4, -0.2) is 5.91 Å². The van der Waals surface area contributed by atoms with Gasteiger partial charge in [-0.3, -0.25) is 4.79 Å². The van der Waals surface area contributed by atoms with Crippen LogP contribution in [0.4, 0.5) is 0 Å². The molecule has 2 aliphatic carbocycles. The third-order valence-corrected chi connectivity index (χ3v) is 2.74. The molecule has 0 aromatic rings. The molecule has 2 fully saturated rings. The summed E-state index contributed by atoms with van der Waals surface area (Å²) in [5.41, 5.74) is 5.15. The zero-order valence-electron chi connectivity index (χ0n) is 5.34. The molecule has 1 unspecified atom stereocenters. The molecule has 2 saturated carbocycles. The van der Waals surface area contributed by atoms with Crippen LogP contribution < -0.4 is 5.73 Å². The van der Waals surface area contributed by atoms with Gasteiger partial charge in [-0.25, -0.2) is 0 Å². The van der Waals surface area contributed by atoms with E-state index < -0.39 is 0 Å². The highest BCUT2D eigenvalue weighted by molar-refractivity contribution is 5.80. The highest BCUT2D eigenvalue weighted by atomic mass is 16.1. The Morgan fingerprint density at radius 2 is 1.89 bits per heavy atom. The topological polar surface area (TPSA) is 43.1 Å². The lowest BCUT2D eigenvalue weighted by Crippen LogP contribution is -2.15. The Balaban J connectivity index is 2.02. The number of fused-ring (bicyclic) bond motifs is 1. The van der Waals surface area contributed by atoms with Crippen molar-refractivity contribution in [3.05, 3.63) is 0 Å². The van der Waals surface area contributed by atoms with Gasteiger partial charge in [0.2, 0.25) is 5.91 Å². The van der Waals surface area contributed by atoms with Crippen LogP contribution in [-0.2, 0) is 4.79 Å². The molecule has 9 heavy (non-hydrogen) atoms. The smallest absolute Gasteiger partial charge is 0.221 e. The Kier molecular flexibility index (Phi) is 0.875. The maximum atomic E-state index is 10.6. The van der Waals surface area contributed by atoms with Crippen molar-refractivity contribution >= 4 is 5.91 Å². The maximum Gasteiger partial charge on any atom is 0.221 e. The average Bonchev–Trinajstić information content (AvgIpc) is 2.30. The number of hydrogen-bond donors (Lipinski definition) is 1. The molecule has 0 bridgehead atoms. The fourth-order valence-corrected chi connectivity index (χ4v) is 2.24. The van der Waals surface area contributed by atoms with Crippen LogP contribution in [0, 0.1) is 17.8 Å². The predicted molar refractivity (Wildman–Crippen MR) is 33.5 cm³/mol. The first-order valence-electron chi connectivity index (χ1n) is 3.60. The summed E-state index contributed by atoms with van der Waals surface area (Å²) in [7, 11) is 0. The molecule has 0 radical (unpaired) electrons. The molecule has 0 aliphatic heterocycles. The van der Waals surface area contributed by atoms with Gasteiger partial charge < -0.3 is 5.73 Å². The number of carbonyl (C=O) groups excluding carboxylic acids is 1. The third kappa shape index (κ3) is 0.590. The molecule has 3 atom stereocenters. The number of rotatable bonds is 1. The Bertz CT molecular complexity index is 145. The number of nitrogens with two attached hydrogens (primary N) is 1. The van der Waals surface area contributed by atoms with E-state index in [1.165, 1.54) is 19.3 Å². The van der Waals surface area contributed by atoms with Crippen molar-refractivity contribution in [2.24, 2.45) is 23.5 Å². The van der Waals surface area contributed by atoms with Crippen LogP contribution in [0.25, 0.3) is 0 Å². The second-order valence-electron chi connectivity index (χ2n) is 3.19. The molecule has 2 heteroatoms. The van der Waals surface area contributed by atoms with Crippen molar-refractivity contribution in [2.45, 2.75) is 19.3 Å². The molecule has 0 saturated heterocycles. The second-order valence-corrected chi connectivity index (χ2v) is 3.19. The quantitative estimate of drug-likeness (QED) is 0.545. The summed E-state index contributed by atoms with van der Waals surface area (Å²) < 4.78 is 0. The summed E-state index contributed by atoms with van der Waals surface area (Å²) in [6.07, 6.45) is 3.82. The van der Waals surface area contributed by atoms with Crippen molar-refractivity contribution < 1.29 is 4.79 Å². The van der Waals surface area contributed by atoms with Crippen LogP contribution >= 0.6 is 0 Å². The minimum atomic E-state index is -0.0651. The lowest BCUT2D eigenvalue weighted by atomic mass is 10.1. The van der Waals surface area contributed by atoms with E-state index in [1.54, 1.807) is 0 Å². The standard InChI is InChI=1S/C7H11NO/c8-7(9)6-4-2-1-3-5(4)6/h4-6H,1-3H2,(H2,8,9)/t4-,5+,6?. The van der Waals surface area contributed by atoms with E-state index >= 15 is 0 Å². The Hall–Kier alpha value is -0.530. The fourth-order valence-electron chi connectivity index (χ4n) is 2.24. The van der Waals surface area contributed by atoms with Crippen molar-refractivity contribution in [1.82, 2.24) is 0 Å². The lowest BCUT2D eigenvalue weighted by Gasteiger charge is -1.94. The van der Waals surface area contributed by atoms with Gasteiger partial charge in [0.05, 0.1) is 0 Å². The highest BCUT2D eigenvalue weighted by Crippen LogP contribution is 2.57. The summed E-state index contributed by atoms with van der Waals surface area (Å²) in [6, 6.07) is 0. The molecule has 0 heterocycles. The van der Waals surface area contributed by atoms with Crippen LogP contribution in [0.5, 0.6) is 0 Å². The predicted octanol–water partition coefficient (Wildman–Crippen LogP) is 0.518. The van der Waals surface area contributed by atoms with E-state index in [4.69, 9.17) is 5.73 Å². The Labute approximate surface area is 54.4 Å². The van der Waals surface area contributed by atoms with Crippen molar-refractivity contribution in [3.63, 3.8) is 0 Å². The average molecular weight is 125 g/mol. The van der Waals surface area contributed by atoms with E-state index in [0.717, 1.165) is 0 Å². The molecular formula is C7H11NO. The van der Waals surface area contributed by atoms with Gasteiger partial charge in [0.15, 0.2) is 0 Å². The van der Waals surface area contributed by atoms with Gasteiger partial charge >= 0.3 is 0 Å². The zero-order valence-corrected chi connectivity index (χ0v) is 5.34. The summed E-state index contributed by atoms with van der Waals surface area (Å²) in [5, 5.41) is 0. The van der Waals surface area contributed by atoms with Crippen LogP contribution in [0.1, 0.15) is 19.3 Å². The van der Waals surface area contributed by atoms with Crippen molar-refractivity contribution in [1.29, 1.82) is 0 Å². The van der Waals surface area contributed by atoms with Crippen molar-refractivity contribution in [3.8, 4) is 0 Å². The van der Waals surface area contributed by atoms with E-state index in [9.17, 15) is 4.79 Å². The molecule has 2 nitrogen and oxygen atoms in total. The van der Waals surface area contributed by atoms with Crippen LogP contribution in [0.3, 0.4) is 0 Å². The SMILES string of the molecule is NC(=O)C1[C@H]2CCC[C@@H]12. The van der Waals surface area contributed by atoms with Crippen LogP contribution in [0.15, 0.2) is 0 Å². The van der Waals surface area contributed by atoms with E-state index in [-0.39, 0.29) is 11.8 Å². The first-order chi connectivity index (χ1) is 4.30. The van der Waals surface area contributed by atoms with Crippen molar-refractivity contribution in [2.75, 3.05) is 0 Å². The van der Waals surface area contributed by atoms with Gasteiger partial charge in [-0.2, -0.15) is 0 Å². The van der Waals surface area contributed by atoms with Gasteiger partial charge in [-0.15, -0.1) is 0 Å².